The fourth-order valence-electron chi connectivity index (χ4n) is 3.29. The molecular weight excluding hydrogens is 434 g/mol. The van der Waals surface area contributed by atoms with Crippen molar-refractivity contribution in [3.8, 4) is 11.1 Å². The maximum atomic E-state index is 13.2. The van der Waals surface area contributed by atoms with Gasteiger partial charge in [-0.05, 0) is 49.2 Å². The highest BCUT2D eigenvalue weighted by Crippen LogP contribution is 2.38. The Hall–Kier alpha value is -3.36. The first-order chi connectivity index (χ1) is 14.8. The largest absolute Gasteiger partial charge is 0.416 e. The van der Waals surface area contributed by atoms with E-state index >= 15 is 0 Å². The lowest BCUT2D eigenvalue weighted by Gasteiger charge is -2.23. The first-order valence-corrected chi connectivity index (χ1v) is 9.39. The van der Waals surface area contributed by atoms with E-state index < -0.39 is 35.0 Å². The predicted molar refractivity (Wildman–Crippen MR) is 108 cm³/mol. The molecule has 168 valence electrons. The van der Waals surface area contributed by atoms with Crippen LogP contribution in [0.4, 0.5) is 32.0 Å². The van der Waals surface area contributed by atoms with Gasteiger partial charge in [0.1, 0.15) is 0 Å². The van der Waals surface area contributed by atoms with Crippen molar-refractivity contribution in [2.24, 2.45) is 0 Å². The van der Waals surface area contributed by atoms with Crippen molar-refractivity contribution in [3.05, 3.63) is 82.7 Å². The molecule has 1 aromatic heterocycles. The van der Waals surface area contributed by atoms with Gasteiger partial charge in [0.05, 0.1) is 23.0 Å². The fraction of sp³-hybridized carbons (Fsp3) is 0.217. The Balaban J connectivity index is 2.13. The summed E-state index contributed by atoms with van der Waals surface area (Å²) >= 11 is 0. The minimum atomic E-state index is -5.05. The van der Waals surface area contributed by atoms with E-state index in [2.05, 4.69) is 4.98 Å². The Bertz CT molecular complexity index is 1140. The Morgan fingerprint density at radius 1 is 0.844 bits per heavy atom. The molecule has 1 heterocycles. The molecule has 0 aliphatic heterocycles. The molecule has 0 radical (unpaired) electrons. The number of aryl methyl sites for hydroxylation is 2. The molecule has 32 heavy (non-hydrogen) atoms. The van der Waals surface area contributed by atoms with E-state index in [9.17, 15) is 31.1 Å². The number of carbonyl (C=O) groups is 1. The number of nitrogens with zero attached hydrogens (tertiary/aromatic N) is 2. The summed E-state index contributed by atoms with van der Waals surface area (Å²) in [6.45, 7) is 3.58. The van der Waals surface area contributed by atoms with E-state index in [0.717, 1.165) is 16.0 Å². The van der Waals surface area contributed by atoms with Crippen LogP contribution < -0.4 is 4.90 Å². The van der Waals surface area contributed by atoms with Crippen LogP contribution in [0.3, 0.4) is 0 Å². The fourth-order valence-corrected chi connectivity index (χ4v) is 3.29. The number of aromatic nitrogens is 1. The molecule has 0 unspecified atom stereocenters. The Labute approximate surface area is 180 Å². The molecule has 0 aliphatic carbocycles. The number of pyridine rings is 1. The number of anilines is 1. The number of amides is 1. The number of rotatable bonds is 3. The van der Waals surface area contributed by atoms with Crippen molar-refractivity contribution in [1.29, 1.82) is 0 Å². The molecule has 3 rings (SSSR count). The van der Waals surface area contributed by atoms with Crippen LogP contribution in [-0.4, -0.2) is 17.9 Å². The van der Waals surface area contributed by atoms with Crippen molar-refractivity contribution in [3.63, 3.8) is 0 Å². The summed E-state index contributed by atoms with van der Waals surface area (Å²) in [5.74, 6) is -1.03. The van der Waals surface area contributed by atoms with E-state index in [4.69, 9.17) is 0 Å². The average molecular weight is 452 g/mol. The zero-order chi connectivity index (χ0) is 23.8. The van der Waals surface area contributed by atoms with Crippen molar-refractivity contribution >= 4 is 11.6 Å². The van der Waals surface area contributed by atoms with Gasteiger partial charge in [-0.25, -0.2) is 0 Å². The number of hydrogen-bond donors (Lipinski definition) is 0. The lowest BCUT2D eigenvalue weighted by atomic mass is 9.98. The first-order valence-electron chi connectivity index (χ1n) is 9.39. The van der Waals surface area contributed by atoms with Gasteiger partial charge in [-0.3, -0.25) is 9.78 Å². The molecule has 0 atom stereocenters. The van der Waals surface area contributed by atoms with Gasteiger partial charge in [-0.1, -0.05) is 24.3 Å². The highest BCUT2D eigenvalue weighted by molar-refractivity contribution is 6.08. The molecule has 0 bridgehead atoms. The lowest BCUT2D eigenvalue weighted by molar-refractivity contribution is -0.143. The molecule has 0 aliphatic rings. The minimum absolute atomic E-state index is 0.0109. The maximum absolute atomic E-state index is 13.2. The average Bonchev–Trinajstić information content (AvgIpc) is 2.71. The van der Waals surface area contributed by atoms with Gasteiger partial charge >= 0.3 is 12.4 Å². The summed E-state index contributed by atoms with van der Waals surface area (Å²) in [6.07, 6.45) is -8.73. The molecule has 0 spiro atoms. The quantitative estimate of drug-likeness (QED) is 0.416. The van der Waals surface area contributed by atoms with E-state index in [0.29, 0.717) is 23.4 Å². The third-order valence-corrected chi connectivity index (χ3v) is 4.96. The molecule has 0 fully saturated rings. The molecule has 3 aromatic rings. The topological polar surface area (TPSA) is 33.2 Å². The van der Waals surface area contributed by atoms with Crippen molar-refractivity contribution in [2.75, 3.05) is 11.9 Å². The number of carbonyl (C=O) groups excluding carboxylic acids is 1. The van der Waals surface area contributed by atoms with Crippen LogP contribution in [0.25, 0.3) is 11.1 Å². The first kappa shape index (κ1) is 23.3. The number of alkyl halides is 6. The Kier molecular flexibility index (Phi) is 6.04. The van der Waals surface area contributed by atoms with Gasteiger partial charge in [0.25, 0.3) is 5.91 Å². The number of hydrogen-bond acceptors (Lipinski definition) is 2. The lowest BCUT2D eigenvalue weighted by Crippen LogP contribution is -2.28. The van der Waals surface area contributed by atoms with Gasteiger partial charge in [-0.15, -0.1) is 0 Å². The van der Waals surface area contributed by atoms with Crippen LogP contribution in [-0.2, 0) is 12.4 Å². The normalized spacial score (nSPS) is 12.0. The third kappa shape index (κ3) is 4.76. The van der Waals surface area contributed by atoms with E-state index in [1.807, 2.05) is 19.1 Å². The Morgan fingerprint density at radius 2 is 1.41 bits per heavy atom. The van der Waals surface area contributed by atoms with Gasteiger partial charge in [0.2, 0.25) is 0 Å². The van der Waals surface area contributed by atoms with Crippen LogP contribution in [0.15, 0.2) is 54.7 Å². The highest BCUT2D eigenvalue weighted by atomic mass is 19.4. The van der Waals surface area contributed by atoms with Gasteiger partial charge in [0.15, 0.2) is 0 Å². The zero-order valence-electron chi connectivity index (χ0n) is 17.3. The Morgan fingerprint density at radius 3 is 1.94 bits per heavy atom. The van der Waals surface area contributed by atoms with Crippen LogP contribution in [0.1, 0.15) is 32.7 Å². The molecular formula is C23H18F6N2O. The molecule has 0 N–H and O–H groups in total. The number of benzene rings is 2. The van der Waals surface area contributed by atoms with E-state index in [-0.39, 0.29) is 11.8 Å². The van der Waals surface area contributed by atoms with Crippen molar-refractivity contribution in [2.45, 2.75) is 26.2 Å². The second-order valence-corrected chi connectivity index (χ2v) is 7.32. The van der Waals surface area contributed by atoms with Crippen molar-refractivity contribution in [1.82, 2.24) is 4.98 Å². The molecule has 1 amide bonds. The van der Waals surface area contributed by atoms with Crippen LogP contribution in [0, 0.1) is 13.8 Å². The summed E-state index contributed by atoms with van der Waals surface area (Å²) in [4.78, 5) is 18.2. The second kappa shape index (κ2) is 8.29. The summed E-state index contributed by atoms with van der Waals surface area (Å²) in [6, 6.07) is 9.79. The third-order valence-electron chi connectivity index (χ3n) is 4.96. The molecule has 2 aromatic carbocycles. The SMILES string of the molecule is Cc1cc(-c2ccccc2C)c(N(C)C(=O)c2cc(C(F)(F)F)cc(C(F)(F)F)c2)cn1. The van der Waals surface area contributed by atoms with Crippen molar-refractivity contribution < 1.29 is 31.1 Å². The standard InChI is InChI=1S/C23H18F6N2O/c1-13-6-4-5-7-18(13)19-8-14(2)30-12-20(19)31(3)21(32)15-9-16(22(24,25)26)11-17(10-15)23(27,28)29/h4-12H,1-3H3. The van der Waals surface area contributed by atoms with Gasteiger partial charge < -0.3 is 4.90 Å². The molecule has 0 saturated carbocycles. The minimum Gasteiger partial charge on any atom is -0.309 e. The van der Waals surface area contributed by atoms with Crippen LogP contribution in [0.5, 0.6) is 0 Å². The summed E-state index contributed by atoms with van der Waals surface area (Å²) in [5, 5.41) is 0. The monoisotopic (exact) mass is 452 g/mol. The maximum Gasteiger partial charge on any atom is 0.416 e. The predicted octanol–water partition coefficient (Wildman–Crippen LogP) is 6.68. The molecule has 9 heteroatoms. The molecule has 3 nitrogen and oxygen atoms in total. The second-order valence-electron chi connectivity index (χ2n) is 7.32. The summed E-state index contributed by atoms with van der Waals surface area (Å²) < 4.78 is 79.2. The number of halogens is 6. The van der Waals surface area contributed by atoms with Crippen LogP contribution in [0.2, 0.25) is 0 Å². The van der Waals surface area contributed by atoms with Gasteiger partial charge in [-0.2, -0.15) is 26.3 Å². The van der Waals surface area contributed by atoms with Gasteiger partial charge in [0, 0.05) is 23.9 Å². The zero-order valence-corrected chi connectivity index (χ0v) is 17.3. The van der Waals surface area contributed by atoms with E-state index in [1.54, 1.807) is 25.1 Å². The summed E-state index contributed by atoms with van der Waals surface area (Å²) in [7, 11) is 1.28. The summed E-state index contributed by atoms with van der Waals surface area (Å²) in [5.41, 5.74) is -0.741. The molecule has 0 saturated heterocycles. The van der Waals surface area contributed by atoms with Crippen LogP contribution >= 0.6 is 0 Å². The van der Waals surface area contributed by atoms with E-state index in [1.165, 1.54) is 13.2 Å². The smallest absolute Gasteiger partial charge is 0.309 e. The highest BCUT2D eigenvalue weighted by Gasteiger charge is 2.38.